The van der Waals surface area contributed by atoms with Crippen molar-refractivity contribution in [2.24, 2.45) is 0 Å². The van der Waals surface area contributed by atoms with E-state index in [0.29, 0.717) is 33.9 Å². The second kappa shape index (κ2) is 5.38. The number of H-pyrrole nitrogens is 1. The topological polar surface area (TPSA) is 104 Å². The number of pyridine rings is 1. The van der Waals surface area contributed by atoms with E-state index in [9.17, 15) is 4.39 Å². The predicted octanol–water partition coefficient (Wildman–Crippen LogP) is 2.24. The summed E-state index contributed by atoms with van der Waals surface area (Å²) in [7, 11) is 0. The highest BCUT2D eigenvalue weighted by molar-refractivity contribution is 7.98. The minimum absolute atomic E-state index is 0.293. The lowest BCUT2D eigenvalue weighted by Gasteiger charge is -2.06. The van der Waals surface area contributed by atoms with Crippen LogP contribution in [0.3, 0.4) is 0 Å². The number of aromatic amines is 1. The summed E-state index contributed by atoms with van der Waals surface area (Å²) in [6.45, 7) is 0. The first-order valence-electron chi connectivity index (χ1n) is 5.96. The molecule has 0 unspecified atom stereocenters. The van der Waals surface area contributed by atoms with Crippen molar-refractivity contribution in [1.29, 1.82) is 5.26 Å². The second-order valence-electron chi connectivity index (χ2n) is 4.21. The summed E-state index contributed by atoms with van der Waals surface area (Å²) in [6, 6.07) is 8.09. The van der Waals surface area contributed by atoms with Gasteiger partial charge in [-0.25, -0.2) is 9.37 Å². The molecule has 0 aliphatic carbocycles. The number of anilines is 1. The van der Waals surface area contributed by atoms with Gasteiger partial charge in [-0.15, -0.1) is 16.9 Å². The quantitative estimate of drug-likeness (QED) is 0.719. The molecule has 3 N–H and O–H groups in total. The third-order valence-corrected chi connectivity index (χ3v) is 3.94. The molecule has 3 rings (SSSR count). The van der Waals surface area contributed by atoms with Crippen LogP contribution in [0.2, 0.25) is 0 Å². The number of aromatic nitrogens is 4. The van der Waals surface area contributed by atoms with Gasteiger partial charge in [0.1, 0.15) is 17.2 Å². The number of hydrogen-bond acceptors (Lipinski definition) is 6. The number of thioether (sulfide) groups is 1. The Balaban J connectivity index is 1.94. The summed E-state index contributed by atoms with van der Waals surface area (Å²) in [6.07, 6.45) is 0. The molecule has 0 aliphatic heterocycles. The molecule has 0 fully saturated rings. The predicted molar refractivity (Wildman–Crippen MR) is 76.8 cm³/mol. The van der Waals surface area contributed by atoms with Gasteiger partial charge in [0.15, 0.2) is 0 Å². The van der Waals surface area contributed by atoms with E-state index < -0.39 is 5.82 Å². The summed E-state index contributed by atoms with van der Waals surface area (Å²) >= 11 is 1.33. The molecule has 0 bridgehead atoms. The van der Waals surface area contributed by atoms with Crippen molar-refractivity contribution in [3.8, 4) is 6.07 Å². The fourth-order valence-corrected chi connectivity index (χ4v) is 2.97. The molecule has 6 nitrogen and oxygen atoms in total. The van der Waals surface area contributed by atoms with Crippen LogP contribution in [0, 0.1) is 17.1 Å². The van der Waals surface area contributed by atoms with Crippen molar-refractivity contribution in [1.82, 2.24) is 20.4 Å². The molecule has 0 aliphatic rings. The average molecular weight is 300 g/mol. The van der Waals surface area contributed by atoms with Crippen LogP contribution in [0.25, 0.3) is 11.2 Å². The highest BCUT2D eigenvalue weighted by atomic mass is 32.2. The first-order valence-corrected chi connectivity index (χ1v) is 6.95. The molecule has 0 spiro atoms. The number of halogens is 1. The van der Waals surface area contributed by atoms with E-state index in [1.54, 1.807) is 12.1 Å². The highest BCUT2D eigenvalue weighted by Crippen LogP contribution is 2.30. The lowest BCUT2D eigenvalue weighted by atomic mass is 10.1. The van der Waals surface area contributed by atoms with Gasteiger partial charge in [0.25, 0.3) is 0 Å². The van der Waals surface area contributed by atoms with E-state index in [4.69, 9.17) is 11.0 Å². The van der Waals surface area contributed by atoms with Crippen LogP contribution >= 0.6 is 11.8 Å². The van der Waals surface area contributed by atoms with Crippen molar-refractivity contribution in [2.45, 2.75) is 10.6 Å². The van der Waals surface area contributed by atoms with Gasteiger partial charge in [-0.2, -0.15) is 15.6 Å². The van der Waals surface area contributed by atoms with Crippen molar-refractivity contribution in [3.05, 3.63) is 41.2 Å². The third-order valence-electron chi connectivity index (χ3n) is 2.89. The van der Waals surface area contributed by atoms with Crippen LogP contribution in [-0.4, -0.2) is 20.4 Å². The van der Waals surface area contributed by atoms with E-state index in [1.165, 1.54) is 23.9 Å². The van der Waals surface area contributed by atoms with Crippen LogP contribution < -0.4 is 5.73 Å². The first kappa shape index (κ1) is 13.3. The highest BCUT2D eigenvalue weighted by Gasteiger charge is 2.12. The van der Waals surface area contributed by atoms with Crippen LogP contribution in [0.1, 0.15) is 11.1 Å². The van der Waals surface area contributed by atoms with Crippen LogP contribution in [0.5, 0.6) is 0 Å². The van der Waals surface area contributed by atoms with Crippen molar-refractivity contribution in [2.75, 3.05) is 5.73 Å². The second-order valence-corrected chi connectivity index (χ2v) is 5.22. The molecule has 8 heteroatoms. The Morgan fingerprint density at radius 3 is 3.05 bits per heavy atom. The third kappa shape index (κ3) is 2.51. The normalized spacial score (nSPS) is 10.7. The molecule has 1 aromatic carbocycles. The number of nitriles is 1. The van der Waals surface area contributed by atoms with Gasteiger partial charge >= 0.3 is 0 Å². The van der Waals surface area contributed by atoms with Crippen molar-refractivity contribution >= 4 is 28.7 Å². The zero-order chi connectivity index (χ0) is 14.8. The number of fused-ring (bicyclic) bond motifs is 1. The Labute approximate surface area is 123 Å². The van der Waals surface area contributed by atoms with Gasteiger partial charge < -0.3 is 5.73 Å². The van der Waals surface area contributed by atoms with Gasteiger partial charge in [0, 0.05) is 16.2 Å². The summed E-state index contributed by atoms with van der Waals surface area (Å²) in [5.74, 6) is 0.203. The van der Waals surface area contributed by atoms with Crippen molar-refractivity contribution in [3.63, 3.8) is 0 Å². The fourth-order valence-electron chi connectivity index (χ4n) is 1.90. The molecule has 0 saturated heterocycles. The molecule has 2 heterocycles. The monoisotopic (exact) mass is 300 g/mol. The van der Waals surface area contributed by atoms with E-state index in [1.807, 2.05) is 6.07 Å². The fraction of sp³-hybridized carbons (Fsp3) is 0.0769. The van der Waals surface area contributed by atoms with Gasteiger partial charge in [-0.1, -0.05) is 6.07 Å². The minimum Gasteiger partial charge on any atom is -0.384 e. The molecule has 0 radical (unpaired) electrons. The average Bonchev–Trinajstić information content (AvgIpc) is 2.93. The molecule has 2 aromatic heterocycles. The van der Waals surface area contributed by atoms with E-state index in [2.05, 4.69) is 20.4 Å². The molecule has 0 amide bonds. The first-order chi connectivity index (χ1) is 10.2. The molecule has 3 aromatic rings. The van der Waals surface area contributed by atoms with Gasteiger partial charge in [0.05, 0.1) is 11.6 Å². The van der Waals surface area contributed by atoms with Crippen LogP contribution in [0.4, 0.5) is 10.2 Å². The zero-order valence-electron chi connectivity index (χ0n) is 10.7. The zero-order valence-corrected chi connectivity index (χ0v) is 11.5. The molecule has 0 saturated carbocycles. The number of rotatable bonds is 3. The van der Waals surface area contributed by atoms with E-state index in [-0.39, 0.29) is 0 Å². The number of nitrogen functional groups attached to an aromatic ring is 1. The van der Waals surface area contributed by atoms with Gasteiger partial charge in [-0.05, 0) is 18.2 Å². The maximum absolute atomic E-state index is 13.8. The molecule has 21 heavy (non-hydrogen) atoms. The number of nitrogens with zero attached hydrogens (tertiary/aromatic N) is 4. The van der Waals surface area contributed by atoms with E-state index in [0.717, 1.165) is 4.90 Å². The molecular formula is C13H9FN6S. The minimum atomic E-state index is -0.403. The Hall–Kier alpha value is -2.66. The van der Waals surface area contributed by atoms with Gasteiger partial charge in [-0.3, -0.25) is 0 Å². The summed E-state index contributed by atoms with van der Waals surface area (Å²) < 4.78 is 13.8. The molecular weight excluding hydrogens is 291 g/mol. The maximum atomic E-state index is 13.8. The Morgan fingerprint density at radius 1 is 1.38 bits per heavy atom. The molecule has 0 atom stereocenters. The SMILES string of the molecule is N#Cc1cccc(F)c1CSc1cc(N)nc2n[nH]nc12. The summed E-state index contributed by atoms with van der Waals surface area (Å²) in [5.41, 5.74) is 7.37. The van der Waals surface area contributed by atoms with Gasteiger partial charge in [0.2, 0.25) is 5.65 Å². The van der Waals surface area contributed by atoms with E-state index >= 15 is 0 Å². The summed E-state index contributed by atoms with van der Waals surface area (Å²) in [5, 5.41) is 19.4. The van der Waals surface area contributed by atoms with Crippen molar-refractivity contribution < 1.29 is 4.39 Å². The lowest BCUT2D eigenvalue weighted by molar-refractivity contribution is 0.616. The molecule has 104 valence electrons. The maximum Gasteiger partial charge on any atom is 0.204 e. The Kier molecular flexibility index (Phi) is 3.41. The van der Waals surface area contributed by atoms with Crippen LogP contribution in [-0.2, 0) is 5.75 Å². The van der Waals surface area contributed by atoms with Crippen LogP contribution in [0.15, 0.2) is 29.2 Å². The smallest absolute Gasteiger partial charge is 0.204 e. The lowest BCUT2D eigenvalue weighted by Crippen LogP contribution is -1.95. The number of nitrogens with two attached hydrogens (primary N) is 1. The standard InChI is InChI=1S/C13H9FN6S/c14-9-3-1-2-7(5-15)8(9)6-21-10-4-11(16)17-13-12(10)18-20-19-13/h1-4H,6H2,(H3,16,17,18,19,20). The number of nitrogens with one attached hydrogen (secondary N) is 1. The summed E-state index contributed by atoms with van der Waals surface area (Å²) in [4.78, 5) is 4.77. The largest absolute Gasteiger partial charge is 0.384 e. The number of benzene rings is 1. The number of hydrogen-bond donors (Lipinski definition) is 2. The Bertz CT molecular complexity index is 853. The Morgan fingerprint density at radius 2 is 2.24 bits per heavy atom.